The summed E-state index contributed by atoms with van der Waals surface area (Å²) in [6.07, 6.45) is 5.28. The summed E-state index contributed by atoms with van der Waals surface area (Å²) in [6.45, 7) is 7.12. The van der Waals surface area contributed by atoms with E-state index < -0.39 is 0 Å². The number of imidazole rings is 1. The van der Waals surface area contributed by atoms with Gasteiger partial charge in [-0.1, -0.05) is 0 Å². The Hall–Kier alpha value is -1.79. The Balaban J connectivity index is 2.15. The molecule has 0 spiro atoms. The number of hydrogen-bond donors (Lipinski definition) is 2. The highest BCUT2D eigenvalue weighted by atomic mass is 15.2. The molecule has 0 aliphatic heterocycles. The van der Waals surface area contributed by atoms with Crippen LogP contribution in [-0.2, 0) is 0 Å². The molecule has 0 radical (unpaired) electrons. The molecule has 2 heterocycles. The third-order valence-corrected chi connectivity index (χ3v) is 3.26. The molecule has 0 aliphatic carbocycles. The molecular weight excluding hydrogens is 252 g/mol. The molecule has 2 aromatic heterocycles. The summed E-state index contributed by atoms with van der Waals surface area (Å²) in [5.74, 6) is 0.660. The second-order valence-corrected chi connectivity index (χ2v) is 5.02. The van der Waals surface area contributed by atoms with Crippen LogP contribution in [0.25, 0.3) is 5.95 Å². The van der Waals surface area contributed by atoms with Gasteiger partial charge in [0, 0.05) is 36.7 Å². The predicted octanol–water partition coefficient (Wildman–Crippen LogP) is 1.23. The first-order valence-electron chi connectivity index (χ1n) is 6.84. The highest BCUT2D eigenvalue weighted by Crippen LogP contribution is 2.12. The number of hydrogen-bond acceptors (Lipinski definition) is 5. The van der Waals surface area contributed by atoms with Crippen molar-refractivity contribution in [2.24, 2.45) is 0 Å². The molecule has 20 heavy (non-hydrogen) atoms. The van der Waals surface area contributed by atoms with Gasteiger partial charge in [-0.25, -0.2) is 15.0 Å². The molecule has 2 N–H and O–H groups in total. The monoisotopic (exact) mass is 274 g/mol. The molecule has 0 amide bonds. The molecule has 2 aromatic rings. The second-order valence-electron chi connectivity index (χ2n) is 5.02. The van der Waals surface area contributed by atoms with Crippen molar-refractivity contribution in [1.29, 1.82) is 0 Å². The smallest absolute Gasteiger partial charge is 0.235 e. The summed E-state index contributed by atoms with van der Waals surface area (Å²) in [5.41, 5.74) is 1.94. The van der Waals surface area contributed by atoms with Crippen LogP contribution in [0.2, 0.25) is 0 Å². The van der Waals surface area contributed by atoms with Crippen LogP contribution in [0.15, 0.2) is 24.8 Å². The van der Waals surface area contributed by atoms with E-state index in [2.05, 4.69) is 39.4 Å². The second kappa shape index (κ2) is 6.58. The Morgan fingerprint density at radius 3 is 2.75 bits per heavy atom. The van der Waals surface area contributed by atoms with E-state index in [9.17, 15) is 0 Å². The molecule has 0 fully saturated rings. The molecule has 6 nitrogen and oxygen atoms in total. The Bertz CT molecular complexity index is 537. The largest absolute Gasteiger partial charge is 0.316 e. The normalized spacial score (nSPS) is 14.2. The number of rotatable bonds is 6. The van der Waals surface area contributed by atoms with Crippen molar-refractivity contribution in [1.82, 2.24) is 30.2 Å². The number of nitrogens with zero attached hydrogens (tertiary/aromatic N) is 4. The fourth-order valence-electron chi connectivity index (χ4n) is 1.85. The number of likely N-dealkylation sites (N-methyl/N-ethyl adjacent to an activating group) is 1. The van der Waals surface area contributed by atoms with E-state index in [0.29, 0.717) is 12.0 Å². The van der Waals surface area contributed by atoms with Crippen molar-refractivity contribution in [3.8, 4) is 5.95 Å². The molecule has 0 aromatic carbocycles. The maximum absolute atomic E-state index is 4.61. The molecule has 0 saturated heterocycles. The molecule has 2 unspecified atom stereocenters. The highest BCUT2D eigenvalue weighted by Gasteiger charge is 2.11. The number of nitrogens with one attached hydrogen (secondary N) is 2. The lowest BCUT2D eigenvalue weighted by Crippen LogP contribution is -2.35. The van der Waals surface area contributed by atoms with Gasteiger partial charge in [0.25, 0.3) is 0 Å². The summed E-state index contributed by atoms with van der Waals surface area (Å²) in [7, 11) is 1.96. The van der Waals surface area contributed by atoms with Crippen molar-refractivity contribution in [2.75, 3.05) is 13.6 Å². The van der Waals surface area contributed by atoms with Crippen molar-refractivity contribution in [3.05, 3.63) is 36.2 Å². The molecule has 108 valence electrons. The minimum Gasteiger partial charge on any atom is -0.316 e. The van der Waals surface area contributed by atoms with E-state index in [1.165, 1.54) is 0 Å². The summed E-state index contributed by atoms with van der Waals surface area (Å²) in [5, 5.41) is 6.68. The van der Waals surface area contributed by atoms with Gasteiger partial charge in [0.2, 0.25) is 5.95 Å². The van der Waals surface area contributed by atoms with Crippen LogP contribution in [0.1, 0.15) is 31.3 Å². The van der Waals surface area contributed by atoms with Crippen LogP contribution in [0.4, 0.5) is 0 Å². The molecule has 6 heteroatoms. The quantitative estimate of drug-likeness (QED) is 0.829. The minimum absolute atomic E-state index is 0.176. The number of aromatic nitrogens is 4. The van der Waals surface area contributed by atoms with Crippen molar-refractivity contribution in [3.63, 3.8) is 0 Å². The van der Waals surface area contributed by atoms with Gasteiger partial charge in [0.15, 0.2) is 0 Å². The van der Waals surface area contributed by atoms with E-state index in [-0.39, 0.29) is 6.04 Å². The third-order valence-electron chi connectivity index (χ3n) is 3.26. The van der Waals surface area contributed by atoms with Crippen LogP contribution in [0, 0.1) is 6.92 Å². The van der Waals surface area contributed by atoms with Gasteiger partial charge in [0.05, 0.1) is 5.69 Å². The summed E-state index contributed by atoms with van der Waals surface area (Å²) < 4.78 is 1.82. The first kappa shape index (κ1) is 14.6. The summed E-state index contributed by atoms with van der Waals surface area (Å²) >= 11 is 0. The Morgan fingerprint density at radius 2 is 2.10 bits per heavy atom. The van der Waals surface area contributed by atoms with Crippen LogP contribution >= 0.6 is 0 Å². The van der Waals surface area contributed by atoms with Gasteiger partial charge in [-0.15, -0.1) is 0 Å². The zero-order valence-corrected chi connectivity index (χ0v) is 12.5. The average Bonchev–Trinajstić information content (AvgIpc) is 2.97. The van der Waals surface area contributed by atoms with E-state index in [1.807, 2.05) is 30.8 Å². The maximum Gasteiger partial charge on any atom is 0.235 e. The average molecular weight is 274 g/mol. The lowest BCUT2D eigenvalue weighted by atomic mass is 10.2. The SMILES string of the molecule is CNC(C)CNC(C)c1cc(C)nc(-n2ccnc2)n1. The van der Waals surface area contributed by atoms with Gasteiger partial charge in [-0.3, -0.25) is 4.57 Å². The molecule has 0 bridgehead atoms. The van der Waals surface area contributed by atoms with Gasteiger partial charge in [0.1, 0.15) is 6.33 Å². The molecule has 0 aliphatic rings. The van der Waals surface area contributed by atoms with Crippen LogP contribution in [-0.4, -0.2) is 39.2 Å². The maximum atomic E-state index is 4.61. The van der Waals surface area contributed by atoms with E-state index >= 15 is 0 Å². The Kier molecular flexibility index (Phi) is 4.81. The zero-order chi connectivity index (χ0) is 14.5. The Labute approximate surface area is 119 Å². The van der Waals surface area contributed by atoms with E-state index in [1.54, 1.807) is 12.5 Å². The fourth-order valence-corrected chi connectivity index (χ4v) is 1.85. The van der Waals surface area contributed by atoms with Crippen LogP contribution in [0.3, 0.4) is 0 Å². The fraction of sp³-hybridized carbons (Fsp3) is 0.500. The van der Waals surface area contributed by atoms with Crippen LogP contribution < -0.4 is 10.6 Å². The molecular formula is C14H22N6. The van der Waals surface area contributed by atoms with E-state index in [4.69, 9.17) is 0 Å². The predicted molar refractivity (Wildman–Crippen MR) is 78.8 cm³/mol. The van der Waals surface area contributed by atoms with Crippen molar-refractivity contribution < 1.29 is 0 Å². The first-order valence-corrected chi connectivity index (χ1v) is 6.84. The van der Waals surface area contributed by atoms with Gasteiger partial charge in [-0.2, -0.15) is 0 Å². The van der Waals surface area contributed by atoms with Gasteiger partial charge < -0.3 is 10.6 Å². The topological polar surface area (TPSA) is 67.7 Å². The molecule has 2 rings (SSSR count). The minimum atomic E-state index is 0.176. The van der Waals surface area contributed by atoms with E-state index in [0.717, 1.165) is 17.9 Å². The number of aryl methyl sites for hydroxylation is 1. The zero-order valence-electron chi connectivity index (χ0n) is 12.5. The summed E-state index contributed by atoms with van der Waals surface area (Å²) in [6, 6.07) is 2.62. The lowest BCUT2D eigenvalue weighted by molar-refractivity contribution is 0.487. The first-order chi connectivity index (χ1) is 9.60. The lowest BCUT2D eigenvalue weighted by Gasteiger charge is -2.18. The van der Waals surface area contributed by atoms with Crippen molar-refractivity contribution >= 4 is 0 Å². The standard InChI is InChI=1S/C14H22N6/c1-10-7-13(12(3)17-8-11(2)15-4)19-14(18-10)20-6-5-16-9-20/h5-7,9,11-12,15,17H,8H2,1-4H3. The third kappa shape index (κ3) is 3.61. The van der Waals surface area contributed by atoms with Gasteiger partial charge in [-0.05, 0) is 33.9 Å². The molecule has 2 atom stereocenters. The van der Waals surface area contributed by atoms with Crippen LogP contribution in [0.5, 0.6) is 0 Å². The van der Waals surface area contributed by atoms with Gasteiger partial charge >= 0.3 is 0 Å². The summed E-state index contributed by atoms with van der Waals surface area (Å²) in [4.78, 5) is 13.1. The van der Waals surface area contributed by atoms with Crippen molar-refractivity contribution in [2.45, 2.75) is 32.9 Å². The molecule has 0 saturated carbocycles. The Morgan fingerprint density at radius 1 is 1.30 bits per heavy atom. The highest BCUT2D eigenvalue weighted by molar-refractivity contribution is 5.20.